The lowest BCUT2D eigenvalue weighted by molar-refractivity contribution is -0.121. The van der Waals surface area contributed by atoms with Crippen LogP contribution in [0.1, 0.15) is 11.1 Å². The minimum Gasteiger partial charge on any atom is -0.487 e. The fraction of sp³-hybridized carbons (Fsp3) is 0.200. The van der Waals surface area contributed by atoms with Crippen LogP contribution in [0, 0.1) is 0 Å². The fourth-order valence-electron chi connectivity index (χ4n) is 2.89. The number of benzene rings is 2. The second-order valence-electron chi connectivity index (χ2n) is 6.27. The number of rotatable bonds is 4. The van der Waals surface area contributed by atoms with Gasteiger partial charge in [-0.15, -0.1) is 0 Å². The van der Waals surface area contributed by atoms with Crippen molar-refractivity contribution in [1.29, 1.82) is 0 Å². The van der Waals surface area contributed by atoms with Gasteiger partial charge in [0.25, 0.3) is 5.91 Å². The van der Waals surface area contributed by atoms with Crippen molar-refractivity contribution in [1.82, 2.24) is 4.90 Å². The number of thioether (sulfide) groups is 1. The number of carbonyl (C=O) groups excluding carboxylic acids is 1. The maximum atomic E-state index is 12.3. The molecule has 0 saturated carbocycles. The molecule has 1 saturated heterocycles. The molecule has 6 nitrogen and oxygen atoms in total. The number of fused-ring (bicyclic) bond motifs is 1. The molecule has 150 valence electrons. The number of halogens is 2. The van der Waals surface area contributed by atoms with E-state index in [-0.39, 0.29) is 12.7 Å². The van der Waals surface area contributed by atoms with Crippen molar-refractivity contribution >= 4 is 60.8 Å². The minimum absolute atomic E-state index is 0.0639. The van der Waals surface area contributed by atoms with E-state index in [4.69, 9.17) is 14.2 Å². The zero-order valence-corrected chi connectivity index (χ0v) is 19.6. The predicted molar refractivity (Wildman–Crippen MR) is 120 cm³/mol. The zero-order chi connectivity index (χ0) is 20.5. The van der Waals surface area contributed by atoms with Crippen LogP contribution in [-0.4, -0.2) is 36.9 Å². The second kappa shape index (κ2) is 8.41. The Labute approximate surface area is 189 Å². The molecule has 2 aliphatic rings. The van der Waals surface area contributed by atoms with Crippen molar-refractivity contribution in [3.05, 3.63) is 55.3 Å². The molecule has 0 aliphatic carbocycles. The van der Waals surface area contributed by atoms with Gasteiger partial charge in [-0.25, -0.2) is 0 Å². The Balaban J connectivity index is 1.52. The molecule has 29 heavy (non-hydrogen) atoms. The van der Waals surface area contributed by atoms with E-state index in [0.29, 0.717) is 22.4 Å². The van der Waals surface area contributed by atoms with E-state index in [1.165, 1.54) is 11.8 Å². The molecule has 0 unspecified atom stereocenters. The summed E-state index contributed by atoms with van der Waals surface area (Å²) >= 11 is 8.50. The van der Waals surface area contributed by atoms with E-state index >= 15 is 0 Å². The van der Waals surface area contributed by atoms with Crippen molar-refractivity contribution in [2.45, 2.75) is 6.61 Å². The van der Waals surface area contributed by atoms with Crippen LogP contribution in [0.5, 0.6) is 17.2 Å². The number of amidine groups is 1. The van der Waals surface area contributed by atoms with Crippen LogP contribution in [0.15, 0.2) is 49.2 Å². The number of amides is 1. The Morgan fingerprint density at radius 3 is 2.62 bits per heavy atom. The second-order valence-corrected chi connectivity index (χ2v) is 8.99. The van der Waals surface area contributed by atoms with Crippen molar-refractivity contribution < 1.29 is 19.0 Å². The molecule has 2 aromatic rings. The van der Waals surface area contributed by atoms with Crippen LogP contribution in [0.2, 0.25) is 0 Å². The summed E-state index contributed by atoms with van der Waals surface area (Å²) in [6.45, 7) is 0.625. The number of hydrogen-bond acceptors (Lipinski definition) is 6. The highest BCUT2D eigenvalue weighted by Crippen LogP contribution is 2.38. The quantitative estimate of drug-likeness (QED) is 0.509. The Hall–Kier alpha value is -1.97. The van der Waals surface area contributed by atoms with Gasteiger partial charge in [-0.1, -0.05) is 6.07 Å². The van der Waals surface area contributed by atoms with Crippen LogP contribution in [0.25, 0.3) is 6.08 Å². The summed E-state index contributed by atoms with van der Waals surface area (Å²) in [5, 5.41) is 0.683. The van der Waals surface area contributed by atoms with Gasteiger partial charge in [0.2, 0.25) is 6.79 Å². The molecule has 4 rings (SSSR count). The minimum atomic E-state index is -0.0639. The lowest BCUT2D eigenvalue weighted by atomic mass is 10.2. The lowest BCUT2D eigenvalue weighted by Gasteiger charge is -2.12. The van der Waals surface area contributed by atoms with Crippen LogP contribution in [0.3, 0.4) is 0 Å². The van der Waals surface area contributed by atoms with Gasteiger partial charge in [-0.05, 0) is 85.1 Å². The molecule has 2 heterocycles. The molecule has 0 N–H and O–H groups in total. The molecule has 0 atom stereocenters. The van der Waals surface area contributed by atoms with Crippen LogP contribution >= 0.6 is 43.6 Å². The van der Waals surface area contributed by atoms with Crippen molar-refractivity contribution in [3.63, 3.8) is 0 Å². The molecule has 1 fully saturated rings. The number of ether oxygens (including phenoxy) is 3. The highest BCUT2D eigenvalue weighted by molar-refractivity contribution is 9.11. The predicted octanol–water partition coefficient (Wildman–Crippen LogP) is 5.05. The van der Waals surface area contributed by atoms with Gasteiger partial charge in [0, 0.05) is 14.1 Å². The summed E-state index contributed by atoms with van der Waals surface area (Å²) in [5.41, 5.74) is 1.85. The summed E-state index contributed by atoms with van der Waals surface area (Å²) in [6, 6.07) is 9.57. The third-order valence-electron chi connectivity index (χ3n) is 4.33. The van der Waals surface area contributed by atoms with E-state index in [0.717, 1.165) is 31.6 Å². The standard InChI is InChI=1S/C20H16Br2N2O4S/c1-23-20-24(2)19(25)17(29-20)8-12-5-13(21)18(14(22)6-12)26-9-11-3-4-15-16(7-11)28-10-27-15/h3-8H,9-10H2,1-2H3/b17-8-,23-20?. The average molecular weight is 540 g/mol. The van der Waals surface area contributed by atoms with E-state index in [1.54, 1.807) is 19.0 Å². The topological polar surface area (TPSA) is 60.4 Å². The van der Waals surface area contributed by atoms with Crippen LogP contribution in [0.4, 0.5) is 0 Å². The van der Waals surface area contributed by atoms with Gasteiger partial charge in [-0.3, -0.25) is 14.7 Å². The van der Waals surface area contributed by atoms with Crippen molar-refractivity contribution in [2.75, 3.05) is 20.9 Å². The van der Waals surface area contributed by atoms with Crippen LogP contribution < -0.4 is 14.2 Å². The molecule has 0 aromatic heterocycles. The molecule has 2 aliphatic heterocycles. The highest BCUT2D eigenvalue weighted by atomic mass is 79.9. The summed E-state index contributed by atoms with van der Waals surface area (Å²) in [5.74, 6) is 2.09. The molecule has 0 radical (unpaired) electrons. The Morgan fingerprint density at radius 1 is 1.21 bits per heavy atom. The van der Waals surface area contributed by atoms with Crippen molar-refractivity contribution in [3.8, 4) is 17.2 Å². The molecule has 0 spiro atoms. The number of hydrogen-bond donors (Lipinski definition) is 0. The number of aliphatic imine (C=N–C) groups is 1. The maximum absolute atomic E-state index is 12.3. The van der Waals surface area contributed by atoms with E-state index in [1.807, 2.05) is 36.4 Å². The third kappa shape index (κ3) is 4.17. The van der Waals surface area contributed by atoms with Gasteiger partial charge >= 0.3 is 0 Å². The lowest BCUT2D eigenvalue weighted by Crippen LogP contribution is -2.23. The van der Waals surface area contributed by atoms with Gasteiger partial charge in [0.15, 0.2) is 16.7 Å². The van der Waals surface area contributed by atoms with E-state index in [2.05, 4.69) is 36.9 Å². The first-order valence-electron chi connectivity index (χ1n) is 8.61. The molecule has 9 heteroatoms. The van der Waals surface area contributed by atoms with E-state index < -0.39 is 0 Å². The maximum Gasteiger partial charge on any atom is 0.266 e. The first-order valence-corrected chi connectivity index (χ1v) is 11.0. The molecule has 0 bridgehead atoms. The van der Waals surface area contributed by atoms with Gasteiger partial charge in [0.05, 0.1) is 13.9 Å². The highest BCUT2D eigenvalue weighted by Gasteiger charge is 2.29. The Morgan fingerprint density at radius 2 is 1.93 bits per heavy atom. The fourth-order valence-corrected chi connectivity index (χ4v) is 5.27. The van der Waals surface area contributed by atoms with E-state index in [9.17, 15) is 4.79 Å². The average Bonchev–Trinajstić information content (AvgIpc) is 3.26. The molecular weight excluding hydrogens is 524 g/mol. The Bertz CT molecular complexity index is 1030. The van der Waals surface area contributed by atoms with Crippen molar-refractivity contribution in [2.24, 2.45) is 4.99 Å². The smallest absolute Gasteiger partial charge is 0.266 e. The molecule has 1 amide bonds. The van der Waals surface area contributed by atoms with Gasteiger partial charge < -0.3 is 14.2 Å². The number of carbonyl (C=O) groups is 1. The summed E-state index contributed by atoms with van der Waals surface area (Å²) in [6.07, 6.45) is 1.85. The first-order chi connectivity index (χ1) is 14.0. The monoisotopic (exact) mass is 538 g/mol. The third-order valence-corrected chi connectivity index (χ3v) is 6.66. The summed E-state index contributed by atoms with van der Waals surface area (Å²) < 4.78 is 18.3. The SMILES string of the molecule is CN=C1S/C(=C\c2cc(Br)c(OCc3ccc4c(c3)OCO4)c(Br)c2)C(=O)N1C. The molecular formula is C20H16Br2N2O4S. The van der Waals surface area contributed by atoms with Gasteiger partial charge in [0.1, 0.15) is 12.4 Å². The summed E-state index contributed by atoms with van der Waals surface area (Å²) in [7, 11) is 3.39. The number of nitrogens with zero attached hydrogens (tertiary/aromatic N) is 2. The first kappa shape index (κ1) is 20.3. The zero-order valence-electron chi connectivity index (χ0n) is 15.6. The number of likely N-dealkylation sites (N-methyl/N-ethyl adjacent to an activating group) is 1. The van der Waals surface area contributed by atoms with Crippen LogP contribution in [-0.2, 0) is 11.4 Å². The van der Waals surface area contributed by atoms with Gasteiger partial charge in [-0.2, -0.15) is 0 Å². The summed E-state index contributed by atoms with van der Waals surface area (Å²) in [4.78, 5) is 18.6. The normalized spacial score (nSPS) is 18.2. The molecule has 2 aromatic carbocycles. The largest absolute Gasteiger partial charge is 0.487 e. The Kier molecular flexibility index (Phi) is 5.89.